The number of carboxylic acid groups (broad SMARTS) is 1. The lowest BCUT2D eigenvalue weighted by molar-refractivity contribution is -0.137. The Morgan fingerprint density at radius 3 is 2.85 bits per heavy atom. The van der Waals surface area contributed by atoms with Gasteiger partial charge in [-0.15, -0.1) is 0 Å². The number of rotatable bonds is 7. The number of hydrogen-bond donors (Lipinski definition) is 1. The highest BCUT2D eigenvalue weighted by Crippen LogP contribution is 2.35. The van der Waals surface area contributed by atoms with Crippen molar-refractivity contribution in [3.05, 3.63) is 11.7 Å². The molecule has 0 aromatic carbocycles. The van der Waals surface area contributed by atoms with Crippen LogP contribution in [0.1, 0.15) is 62.8 Å². The van der Waals surface area contributed by atoms with Crippen LogP contribution in [-0.2, 0) is 16.0 Å². The Morgan fingerprint density at radius 1 is 1.45 bits per heavy atom. The smallest absolute Gasteiger partial charge is 0.303 e. The van der Waals surface area contributed by atoms with E-state index in [1.165, 1.54) is 19.3 Å². The molecule has 0 radical (unpaired) electrons. The van der Waals surface area contributed by atoms with E-state index in [2.05, 4.69) is 10.1 Å². The van der Waals surface area contributed by atoms with Gasteiger partial charge in [0.15, 0.2) is 0 Å². The van der Waals surface area contributed by atoms with Crippen LogP contribution < -0.4 is 0 Å². The van der Waals surface area contributed by atoms with E-state index in [9.17, 15) is 4.79 Å². The first-order valence-corrected chi connectivity index (χ1v) is 7.27. The molecule has 20 heavy (non-hydrogen) atoms. The van der Waals surface area contributed by atoms with Crippen molar-refractivity contribution in [2.75, 3.05) is 7.11 Å². The second-order valence-electron chi connectivity index (χ2n) is 5.35. The van der Waals surface area contributed by atoms with Crippen LogP contribution in [0.25, 0.3) is 0 Å². The summed E-state index contributed by atoms with van der Waals surface area (Å²) in [5.74, 6) is 0.753. The van der Waals surface area contributed by atoms with E-state index in [0.29, 0.717) is 30.5 Å². The van der Waals surface area contributed by atoms with Gasteiger partial charge < -0.3 is 14.4 Å². The topological polar surface area (TPSA) is 85.5 Å². The molecule has 6 heteroatoms. The maximum Gasteiger partial charge on any atom is 0.303 e. The van der Waals surface area contributed by atoms with Gasteiger partial charge in [-0.1, -0.05) is 24.4 Å². The largest absolute Gasteiger partial charge is 0.481 e. The first-order chi connectivity index (χ1) is 9.70. The number of methoxy groups -OCH3 is 1. The molecule has 0 saturated heterocycles. The van der Waals surface area contributed by atoms with E-state index in [1.54, 1.807) is 7.11 Å². The third-order valence-corrected chi connectivity index (χ3v) is 3.85. The van der Waals surface area contributed by atoms with Crippen molar-refractivity contribution < 1.29 is 19.2 Å². The molecule has 0 amide bonds. The molecule has 1 unspecified atom stereocenters. The Bertz CT molecular complexity index is 427. The molecule has 1 aromatic rings. The van der Waals surface area contributed by atoms with Crippen LogP contribution in [0.4, 0.5) is 0 Å². The van der Waals surface area contributed by atoms with Gasteiger partial charge in [0.05, 0.1) is 0 Å². The second-order valence-corrected chi connectivity index (χ2v) is 5.35. The highest BCUT2D eigenvalue weighted by Gasteiger charge is 2.28. The molecule has 1 saturated carbocycles. The van der Waals surface area contributed by atoms with Gasteiger partial charge in [0.25, 0.3) is 0 Å². The van der Waals surface area contributed by atoms with Crippen molar-refractivity contribution in [2.45, 2.75) is 57.5 Å². The second kappa shape index (κ2) is 7.38. The van der Waals surface area contributed by atoms with Crippen LogP contribution in [0.15, 0.2) is 4.52 Å². The van der Waals surface area contributed by atoms with E-state index in [0.717, 1.165) is 12.8 Å². The number of aliphatic carboxylic acids is 1. The Hall–Kier alpha value is -1.43. The molecule has 112 valence electrons. The highest BCUT2D eigenvalue weighted by atomic mass is 16.5. The number of aryl methyl sites for hydroxylation is 1. The van der Waals surface area contributed by atoms with E-state index in [4.69, 9.17) is 14.4 Å². The van der Waals surface area contributed by atoms with Gasteiger partial charge in [-0.25, -0.2) is 0 Å². The summed E-state index contributed by atoms with van der Waals surface area (Å²) in [5.41, 5.74) is 0. The molecule has 0 bridgehead atoms. The van der Waals surface area contributed by atoms with Crippen LogP contribution in [-0.4, -0.2) is 28.3 Å². The van der Waals surface area contributed by atoms with E-state index in [1.807, 2.05) is 0 Å². The van der Waals surface area contributed by atoms with E-state index in [-0.39, 0.29) is 12.5 Å². The summed E-state index contributed by atoms with van der Waals surface area (Å²) in [4.78, 5) is 14.8. The zero-order chi connectivity index (χ0) is 14.4. The lowest BCUT2D eigenvalue weighted by Crippen LogP contribution is -2.19. The highest BCUT2D eigenvalue weighted by molar-refractivity contribution is 5.66. The SMILES string of the molecule is COC(c1noc(CCCC(=O)O)n1)C1CCCCC1. The molecule has 1 aliphatic carbocycles. The van der Waals surface area contributed by atoms with Crippen molar-refractivity contribution in [3.8, 4) is 0 Å². The quantitative estimate of drug-likeness (QED) is 0.827. The molecular weight excluding hydrogens is 260 g/mol. The fourth-order valence-corrected chi connectivity index (χ4v) is 2.82. The van der Waals surface area contributed by atoms with Crippen LogP contribution in [0.5, 0.6) is 0 Å². The van der Waals surface area contributed by atoms with Crippen molar-refractivity contribution >= 4 is 5.97 Å². The van der Waals surface area contributed by atoms with Crippen molar-refractivity contribution in [1.82, 2.24) is 10.1 Å². The first kappa shape index (κ1) is 15.0. The zero-order valence-electron chi connectivity index (χ0n) is 11.9. The van der Waals surface area contributed by atoms with Crippen LogP contribution >= 0.6 is 0 Å². The molecular formula is C14H22N2O4. The van der Waals surface area contributed by atoms with Gasteiger partial charge in [-0.05, 0) is 25.2 Å². The number of aromatic nitrogens is 2. The molecule has 0 aliphatic heterocycles. The van der Waals surface area contributed by atoms with Crippen molar-refractivity contribution in [2.24, 2.45) is 5.92 Å². The summed E-state index contributed by atoms with van der Waals surface area (Å²) in [7, 11) is 1.68. The Labute approximate surface area is 118 Å². The monoisotopic (exact) mass is 282 g/mol. The molecule has 1 atom stereocenters. The normalized spacial score (nSPS) is 18.1. The maximum atomic E-state index is 10.5. The zero-order valence-corrected chi connectivity index (χ0v) is 11.9. The average Bonchev–Trinajstić information content (AvgIpc) is 2.89. The van der Waals surface area contributed by atoms with Gasteiger partial charge in [-0.3, -0.25) is 4.79 Å². The molecule has 1 N–H and O–H groups in total. The third kappa shape index (κ3) is 4.03. The fraction of sp³-hybridized carbons (Fsp3) is 0.786. The molecule has 0 spiro atoms. The molecule has 1 aliphatic rings. The Kier molecular flexibility index (Phi) is 5.52. The number of hydrogen-bond acceptors (Lipinski definition) is 5. The maximum absolute atomic E-state index is 10.5. The van der Waals surface area contributed by atoms with Gasteiger partial charge in [-0.2, -0.15) is 4.98 Å². The molecule has 1 fully saturated rings. The van der Waals surface area contributed by atoms with Crippen LogP contribution in [0.2, 0.25) is 0 Å². The lowest BCUT2D eigenvalue weighted by atomic mass is 9.85. The van der Waals surface area contributed by atoms with Crippen molar-refractivity contribution in [3.63, 3.8) is 0 Å². The first-order valence-electron chi connectivity index (χ1n) is 7.27. The minimum absolute atomic E-state index is 0.104. The summed E-state index contributed by atoms with van der Waals surface area (Å²) in [6, 6.07) is 0. The predicted octanol–water partition coefficient (Wildman–Crippen LogP) is 2.74. The van der Waals surface area contributed by atoms with Gasteiger partial charge >= 0.3 is 5.97 Å². The molecule has 6 nitrogen and oxygen atoms in total. The molecule has 1 aromatic heterocycles. The van der Waals surface area contributed by atoms with Crippen LogP contribution in [0, 0.1) is 5.92 Å². The standard InChI is InChI=1S/C14H22N2O4/c1-19-13(10-6-3-2-4-7-10)14-15-11(20-16-14)8-5-9-12(17)18/h10,13H,2-9H2,1H3,(H,17,18). The third-order valence-electron chi connectivity index (χ3n) is 3.85. The molecule has 2 rings (SSSR count). The summed E-state index contributed by atoms with van der Waals surface area (Å²) < 4.78 is 10.7. The van der Waals surface area contributed by atoms with Gasteiger partial charge in [0, 0.05) is 20.0 Å². The molecule has 1 heterocycles. The predicted molar refractivity (Wildman–Crippen MR) is 71.2 cm³/mol. The van der Waals surface area contributed by atoms with Crippen molar-refractivity contribution in [1.29, 1.82) is 0 Å². The van der Waals surface area contributed by atoms with E-state index < -0.39 is 5.97 Å². The van der Waals surface area contributed by atoms with Gasteiger partial charge in [0.2, 0.25) is 11.7 Å². The number of carboxylic acids is 1. The Morgan fingerprint density at radius 2 is 2.20 bits per heavy atom. The average molecular weight is 282 g/mol. The Balaban J connectivity index is 1.93. The number of carbonyl (C=O) groups is 1. The minimum Gasteiger partial charge on any atom is -0.481 e. The summed E-state index contributed by atoms with van der Waals surface area (Å²) in [6.07, 6.45) is 7.06. The lowest BCUT2D eigenvalue weighted by Gasteiger charge is -2.26. The van der Waals surface area contributed by atoms with E-state index >= 15 is 0 Å². The summed E-state index contributed by atoms with van der Waals surface area (Å²) in [6.45, 7) is 0. The van der Waals surface area contributed by atoms with Gasteiger partial charge in [0.1, 0.15) is 6.10 Å². The van der Waals surface area contributed by atoms with Crippen LogP contribution in [0.3, 0.4) is 0 Å². The minimum atomic E-state index is -0.804. The number of nitrogens with zero attached hydrogens (tertiary/aromatic N) is 2. The summed E-state index contributed by atoms with van der Waals surface area (Å²) in [5, 5.41) is 12.6. The summed E-state index contributed by atoms with van der Waals surface area (Å²) >= 11 is 0. The fourth-order valence-electron chi connectivity index (χ4n) is 2.82. The number of ether oxygens (including phenoxy) is 1.